The SMILES string of the molecule is CCCOc1cccc(CNC(C)(C)C(=O)OC)c1. The van der Waals surface area contributed by atoms with E-state index in [0.717, 1.165) is 17.7 Å². The lowest BCUT2D eigenvalue weighted by atomic mass is 10.1. The summed E-state index contributed by atoms with van der Waals surface area (Å²) in [7, 11) is 1.39. The van der Waals surface area contributed by atoms with Crippen LogP contribution >= 0.6 is 0 Å². The normalized spacial score (nSPS) is 11.2. The highest BCUT2D eigenvalue weighted by molar-refractivity contribution is 5.79. The predicted molar refractivity (Wildman–Crippen MR) is 75.2 cm³/mol. The van der Waals surface area contributed by atoms with Crippen LogP contribution in [0.3, 0.4) is 0 Å². The van der Waals surface area contributed by atoms with Gasteiger partial charge in [0, 0.05) is 6.54 Å². The molecule has 1 rings (SSSR count). The first-order valence-corrected chi connectivity index (χ1v) is 6.54. The summed E-state index contributed by atoms with van der Waals surface area (Å²) in [6, 6.07) is 7.87. The lowest BCUT2D eigenvalue weighted by Crippen LogP contribution is -2.46. The summed E-state index contributed by atoms with van der Waals surface area (Å²) >= 11 is 0. The van der Waals surface area contributed by atoms with Crippen LogP contribution in [0.5, 0.6) is 5.75 Å². The lowest BCUT2D eigenvalue weighted by Gasteiger charge is -2.23. The van der Waals surface area contributed by atoms with Crippen LogP contribution in [-0.2, 0) is 16.1 Å². The van der Waals surface area contributed by atoms with Crippen molar-refractivity contribution in [1.82, 2.24) is 5.32 Å². The second-order valence-electron chi connectivity index (χ2n) is 4.97. The molecular weight excluding hydrogens is 242 g/mol. The molecule has 0 heterocycles. The molecule has 0 saturated carbocycles. The largest absolute Gasteiger partial charge is 0.494 e. The number of benzene rings is 1. The maximum absolute atomic E-state index is 11.6. The van der Waals surface area contributed by atoms with Crippen molar-refractivity contribution < 1.29 is 14.3 Å². The Morgan fingerprint density at radius 3 is 2.74 bits per heavy atom. The van der Waals surface area contributed by atoms with Crippen LogP contribution in [0.15, 0.2) is 24.3 Å². The number of rotatable bonds is 7. The van der Waals surface area contributed by atoms with Crippen LogP contribution in [0.25, 0.3) is 0 Å². The van der Waals surface area contributed by atoms with Gasteiger partial charge in [0.15, 0.2) is 0 Å². The zero-order valence-corrected chi connectivity index (χ0v) is 12.2. The molecule has 0 unspecified atom stereocenters. The first-order valence-electron chi connectivity index (χ1n) is 6.54. The van der Waals surface area contributed by atoms with Crippen molar-refractivity contribution in [2.24, 2.45) is 0 Å². The molecule has 0 fully saturated rings. The topological polar surface area (TPSA) is 47.6 Å². The van der Waals surface area contributed by atoms with Gasteiger partial charge in [0.25, 0.3) is 0 Å². The van der Waals surface area contributed by atoms with E-state index < -0.39 is 5.54 Å². The molecule has 0 spiro atoms. The van der Waals surface area contributed by atoms with Crippen molar-refractivity contribution in [1.29, 1.82) is 0 Å². The maximum Gasteiger partial charge on any atom is 0.325 e. The van der Waals surface area contributed by atoms with E-state index in [2.05, 4.69) is 12.2 Å². The fraction of sp³-hybridized carbons (Fsp3) is 0.533. The third-order valence-corrected chi connectivity index (χ3v) is 2.80. The van der Waals surface area contributed by atoms with Crippen LogP contribution in [0, 0.1) is 0 Å². The molecule has 19 heavy (non-hydrogen) atoms. The van der Waals surface area contributed by atoms with Gasteiger partial charge in [-0.3, -0.25) is 10.1 Å². The Kier molecular flexibility index (Phi) is 5.83. The Balaban J connectivity index is 2.60. The van der Waals surface area contributed by atoms with Crippen LogP contribution in [-0.4, -0.2) is 25.2 Å². The molecule has 4 heteroatoms. The molecule has 106 valence electrons. The highest BCUT2D eigenvalue weighted by atomic mass is 16.5. The Labute approximate surface area is 115 Å². The van der Waals surface area contributed by atoms with Gasteiger partial charge < -0.3 is 9.47 Å². The number of ether oxygens (including phenoxy) is 2. The molecule has 0 aliphatic rings. The summed E-state index contributed by atoms with van der Waals surface area (Å²) in [4.78, 5) is 11.6. The standard InChI is InChI=1S/C15H23NO3/c1-5-9-19-13-8-6-7-12(10-13)11-16-15(2,3)14(17)18-4/h6-8,10,16H,5,9,11H2,1-4H3. The number of hydrogen-bond donors (Lipinski definition) is 1. The maximum atomic E-state index is 11.6. The quantitative estimate of drug-likeness (QED) is 0.770. The van der Waals surface area contributed by atoms with Crippen molar-refractivity contribution in [2.45, 2.75) is 39.3 Å². The Bertz CT molecular complexity index is 416. The van der Waals surface area contributed by atoms with Gasteiger partial charge in [-0.2, -0.15) is 0 Å². The average Bonchev–Trinajstić information content (AvgIpc) is 2.42. The van der Waals surface area contributed by atoms with Gasteiger partial charge in [-0.15, -0.1) is 0 Å². The number of methoxy groups -OCH3 is 1. The van der Waals surface area contributed by atoms with E-state index in [-0.39, 0.29) is 5.97 Å². The minimum Gasteiger partial charge on any atom is -0.494 e. The molecule has 1 aromatic carbocycles. The molecule has 0 radical (unpaired) electrons. The molecule has 0 bridgehead atoms. The lowest BCUT2D eigenvalue weighted by molar-refractivity contribution is -0.147. The third kappa shape index (κ3) is 4.91. The summed E-state index contributed by atoms with van der Waals surface area (Å²) in [6.07, 6.45) is 0.984. The van der Waals surface area contributed by atoms with Crippen LogP contribution in [0.4, 0.5) is 0 Å². The van der Waals surface area contributed by atoms with Gasteiger partial charge in [-0.05, 0) is 38.0 Å². The minimum atomic E-state index is -0.699. The van der Waals surface area contributed by atoms with Crippen molar-refractivity contribution in [3.8, 4) is 5.75 Å². The zero-order valence-electron chi connectivity index (χ0n) is 12.2. The van der Waals surface area contributed by atoms with E-state index in [9.17, 15) is 4.79 Å². The van der Waals surface area contributed by atoms with Crippen LogP contribution in [0.1, 0.15) is 32.8 Å². The molecule has 0 aliphatic heterocycles. The molecule has 1 aromatic rings. The highest BCUT2D eigenvalue weighted by Crippen LogP contribution is 2.15. The fourth-order valence-corrected chi connectivity index (χ4v) is 1.62. The van der Waals surface area contributed by atoms with Crippen molar-refractivity contribution in [3.05, 3.63) is 29.8 Å². The molecule has 4 nitrogen and oxygen atoms in total. The van der Waals surface area contributed by atoms with Crippen molar-refractivity contribution >= 4 is 5.97 Å². The highest BCUT2D eigenvalue weighted by Gasteiger charge is 2.27. The molecule has 0 aliphatic carbocycles. The second kappa shape index (κ2) is 7.14. The Morgan fingerprint density at radius 2 is 2.11 bits per heavy atom. The van der Waals surface area contributed by atoms with Gasteiger partial charge >= 0.3 is 5.97 Å². The second-order valence-corrected chi connectivity index (χ2v) is 4.97. The van der Waals surface area contributed by atoms with E-state index in [1.165, 1.54) is 7.11 Å². The molecule has 0 aromatic heterocycles. The fourth-order valence-electron chi connectivity index (χ4n) is 1.62. The minimum absolute atomic E-state index is 0.272. The van der Waals surface area contributed by atoms with Gasteiger partial charge in [0.05, 0.1) is 13.7 Å². The third-order valence-electron chi connectivity index (χ3n) is 2.80. The monoisotopic (exact) mass is 265 g/mol. The van der Waals surface area contributed by atoms with E-state index in [4.69, 9.17) is 9.47 Å². The number of esters is 1. The smallest absolute Gasteiger partial charge is 0.325 e. The van der Waals surface area contributed by atoms with Crippen LogP contribution < -0.4 is 10.1 Å². The molecular formula is C15H23NO3. The zero-order chi connectivity index (χ0) is 14.3. The summed E-state index contributed by atoms with van der Waals surface area (Å²) in [5.41, 5.74) is 0.375. The van der Waals surface area contributed by atoms with Gasteiger partial charge in [-0.25, -0.2) is 0 Å². The number of nitrogens with one attached hydrogen (secondary N) is 1. The first kappa shape index (κ1) is 15.5. The molecule has 0 saturated heterocycles. The molecule has 0 amide bonds. The van der Waals surface area contributed by atoms with Crippen molar-refractivity contribution in [3.63, 3.8) is 0 Å². The van der Waals surface area contributed by atoms with Gasteiger partial charge in [0.1, 0.15) is 11.3 Å². The molecule has 1 N–H and O–H groups in total. The summed E-state index contributed by atoms with van der Waals surface area (Å²) in [5.74, 6) is 0.586. The Hall–Kier alpha value is -1.55. The first-order chi connectivity index (χ1) is 8.99. The van der Waals surface area contributed by atoms with Gasteiger partial charge in [0.2, 0.25) is 0 Å². The van der Waals surface area contributed by atoms with Gasteiger partial charge in [-0.1, -0.05) is 19.1 Å². The summed E-state index contributed by atoms with van der Waals surface area (Å²) in [5, 5.41) is 3.18. The van der Waals surface area contributed by atoms with E-state index >= 15 is 0 Å². The van der Waals surface area contributed by atoms with Crippen LogP contribution in [0.2, 0.25) is 0 Å². The average molecular weight is 265 g/mol. The summed E-state index contributed by atoms with van der Waals surface area (Å²) < 4.78 is 10.3. The number of carbonyl (C=O) groups excluding carboxylic acids is 1. The molecule has 0 atom stereocenters. The summed E-state index contributed by atoms with van der Waals surface area (Å²) in [6.45, 7) is 6.98. The van der Waals surface area contributed by atoms with E-state index in [1.54, 1.807) is 13.8 Å². The van der Waals surface area contributed by atoms with Crippen molar-refractivity contribution in [2.75, 3.05) is 13.7 Å². The van der Waals surface area contributed by atoms with E-state index in [0.29, 0.717) is 13.2 Å². The Morgan fingerprint density at radius 1 is 1.37 bits per heavy atom. The van der Waals surface area contributed by atoms with E-state index in [1.807, 2.05) is 24.3 Å². The number of hydrogen-bond acceptors (Lipinski definition) is 4. The number of carbonyl (C=O) groups is 1. The predicted octanol–water partition coefficient (Wildman–Crippen LogP) is 2.52.